The fraction of sp³-hybridized carbons (Fsp3) is 0.464. The van der Waals surface area contributed by atoms with Gasteiger partial charge in [-0.3, -0.25) is 9.59 Å². The van der Waals surface area contributed by atoms with Crippen LogP contribution in [-0.4, -0.2) is 53.7 Å². The quantitative estimate of drug-likeness (QED) is 0.576. The highest BCUT2D eigenvalue weighted by Crippen LogP contribution is 2.44. The molecule has 4 rings (SSSR count). The van der Waals surface area contributed by atoms with E-state index in [1.165, 1.54) is 0 Å². The van der Waals surface area contributed by atoms with Gasteiger partial charge >= 0.3 is 12.1 Å². The third-order valence-corrected chi connectivity index (χ3v) is 7.68. The van der Waals surface area contributed by atoms with Gasteiger partial charge in [-0.25, -0.2) is 4.79 Å². The fourth-order valence-corrected chi connectivity index (χ4v) is 5.26. The Kier molecular flexibility index (Phi) is 7.15. The highest BCUT2D eigenvalue weighted by Gasteiger charge is 2.45. The number of likely N-dealkylation sites (tertiary alicyclic amines) is 1. The summed E-state index contributed by atoms with van der Waals surface area (Å²) in [6, 6.07) is 15.9. The van der Waals surface area contributed by atoms with Crippen molar-refractivity contribution in [2.45, 2.75) is 52.0 Å². The number of ether oxygens (including phenoxy) is 1. The number of carboxylic acid groups (broad SMARTS) is 1. The summed E-state index contributed by atoms with van der Waals surface area (Å²) in [5, 5.41) is 12.5. The standard InChI is InChI=1S/C28H34N2O5/c1-4-28(26(32)33)13-14-30(17-28)25(31)15-24(18(2)3)29-27(34)35-16-23-21-11-7-5-9-19(21)20-10-6-8-12-22(20)23/h5-12,18,23-24H,4,13-17H2,1-3H3,(H,29,34)(H,32,33)/t24-,28?/m0/s1. The van der Waals surface area contributed by atoms with Gasteiger partial charge in [0.1, 0.15) is 6.61 Å². The molecule has 0 spiro atoms. The Hall–Kier alpha value is -3.35. The number of aliphatic carboxylic acids is 1. The summed E-state index contributed by atoms with van der Waals surface area (Å²) in [6.45, 7) is 6.58. The van der Waals surface area contributed by atoms with Gasteiger partial charge in [0.05, 0.1) is 5.41 Å². The molecule has 2 aliphatic rings. The molecule has 1 fully saturated rings. The van der Waals surface area contributed by atoms with Crippen LogP contribution in [0.4, 0.5) is 4.79 Å². The molecule has 7 nitrogen and oxygen atoms in total. The van der Waals surface area contributed by atoms with Crippen molar-refractivity contribution in [2.75, 3.05) is 19.7 Å². The molecule has 1 saturated heterocycles. The number of benzene rings is 2. The molecule has 186 valence electrons. The second kappa shape index (κ2) is 10.1. The molecule has 7 heteroatoms. The lowest BCUT2D eigenvalue weighted by atomic mass is 9.84. The van der Waals surface area contributed by atoms with Crippen LogP contribution >= 0.6 is 0 Å². The lowest BCUT2D eigenvalue weighted by molar-refractivity contribution is -0.148. The van der Waals surface area contributed by atoms with Gasteiger partial charge in [0, 0.05) is 31.5 Å². The molecule has 0 aromatic heterocycles. The average molecular weight is 479 g/mol. The number of hydrogen-bond donors (Lipinski definition) is 2. The smallest absolute Gasteiger partial charge is 0.407 e. The highest BCUT2D eigenvalue weighted by molar-refractivity contribution is 5.82. The number of amides is 2. The van der Waals surface area contributed by atoms with E-state index >= 15 is 0 Å². The van der Waals surface area contributed by atoms with Gasteiger partial charge in [0.15, 0.2) is 0 Å². The fourth-order valence-electron chi connectivity index (χ4n) is 5.26. The van der Waals surface area contributed by atoms with Crippen LogP contribution in [-0.2, 0) is 14.3 Å². The molecule has 1 aliphatic heterocycles. The van der Waals surface area contributed by atoms with Gasteiger partial charge in [-0.2, -0.15) is 0 Å². The lowest BCUT2D eigenvalue weighted by Crippen LogP contribution is -2.44. The Labute approximate surface area is 206 Å². The summed E-state index contributed by atoms with van der Waals surface area (Å²) in [5.41, 5.74) is 3.74. The summed E-state index contributed by atoms with van der Waals surface area (Å²) in [7, 11) is 0. The van der Waals surface area contributed by atoms with Crippen molar-refractivity contribution in [1.29, 1.82) is 0 Å². The Morgan fingerprint density at radius 1 is 1.09 bits per heavy atom. The van der Waals surface area contributed by atoms with Crippen molar-refractivity contribution in [3.05, 3.63) is 59.7 Å². The molecule has 2 atom stereocenters. The normalized spacial score (nSPS) is 19.8. The molecule has 2 N–H and O–H groups in total. The van der Waals surface area contributed by atoms with Crippen molar-refractivity contribution in [3.8, 4) is 11.1 Å². The number of rotatable bonds is 8. The van der Waals surface area contributed by atoms with Crippen LogP contribution in [0.15, 0.2) is 48.5 Å². The van der Waals surface area contributed by atoms with Crippen LogP contribution in [0, 0.1) is 11.3 Å². The Morgan fingerprint density at radius 2 is 1.69 bits per heavy atom. The van der Waals surface area contributed by atoms with Crippen LogP contribution in [0.5, 0.6) is 0 Å². The molecule has 0 radical (unpaired) electrons. The minimum atomic E-state index is -0.872. The predicted molar refractivity (Wildman–Crippen MR) is 133 cm³/mol. The number of fused-ring (bicyclic) bond motifs is 3. The second-order valence-electron chi connectivity index (χ2n) is 10.0. The zero-order valence-electron chi connectivity index (χ0n) is 20.6. The zero-order valence-corrected chi connectivity index (χ0v) is 20.6. The molecule has 0 saturated carbocycles. The van der Waals surface area contributed by atoms with Gasteiger partial charge in [0.2, 0.25) is 5.91 Å². The number of hydrogen-bond acceptors (Lipinski definition) is 4. The van der Waals surface area contributed by atoms with Gasteiger partial charge in [-0.15, -0.1) is 0 Å². The summed E-state index contributed by atoms with van der Waals surface area (Å²) in [5.74, 6) is -1.01. The largest absolute Gasteiger partial charge is 0.481 e. The molecular weight excluding hydrogens is 444 g/mol. The Bertz CT molecular complexity index is 1070. The summed E-state index contributed by atoms with van der Waals surface area (Å²) in [4.78, 5) is 39.0. The first-order chi connectivity index (χ1) is 16.8. The van der Waals surface area contributed by atoms with E-state index in [1.807, 2.05) is 45.0 Å². The predicted octanol–water partition coefficient (Wildman–Crippen LogP) is 4.65. The van der Waals surface area contributed by atoms with Crippen LogP contribution in [0.3, 0.4) is 0 Å². The Morgan fingerprint density at radius 3 is 2.20 bits per heavy atom. The van der Waals surface area contributed by atoms with E-state index in [9.17, 15) is 19.5 Å². The van der Waals surface area contributed by atoms with Gasteiger partial charge < -0.3 is 20.1 Å². The van der Waals surface area contributed by atoms with E-state index < -0.39 is 23.5 Å². The molecule has 1 aliphatic carbocycles. The highest BCUT2D eigenvalue weighted by atomic mass is 16.5. The number of nitrogens with zero attached hydrogens (tertiary/aromatic N) is 1. The summed E-state index contributed by atoms with van der Waals surface area (Å²) >= 11 is 0. The third kappa shape index (κ3) is 4.90. The van der Waals surface area contributed by atoms with Crippen LogP contribution in [0.2, 0.25) is 0 Å². The maximum absolute atomic E-state index is 13.0. The van der Waals surface area contributed by atoms with Crippen LogP contribution in [0.25, 0.3) is 11.1 Å². The number of carbonyl (C=O) groups is 3. The SMILES string of the molecule is CCC1(C(=O)O)CCN(C(=O)C[C@H](NC(=O)OCC2c3ccccc3-c3ccccc32)C(C)C)C1. The summed E-state index contributed by atoms with van der Waals surface area (Å²) < 4.78 is 5.66. The molecule has 1 unspecified atom stereocenters. The minimum Gasteiger partial charge on any atom is -0.481 e. The van der Waals surface area contributed by atoms with Crippen LogP contribution < -0.4 is 5.32 Å². The number of carboxylic acids is 1. The van der Waals surface area contributed by atoms with Crippen molar-refractivity contribution in [1.82, 2.24) is 10.2 Å². The molecular formula is C28H34N2O5. The van der Waals surface area contributed by atoms with Gasteiger partial charge in [0.25, 0.3) is 0 Å². The first-order valence-corrected chi connectivity index (χ1v) is 12.4. The molecule has 2 aromatic rings. The van der Waals surface area contributed by atoms with Crippen molar-refractivity contribution in [3.63, 3.8) is 0 Å². The second-order valence-corrected chi connectivity index (χ2v) is 10.0. The summed E-state index contributed by atoms with van der Waals surface area (Å²) in [6.07, 6.45) is 0.503. The maximum Gasteiger partial charge on any atom is 0.407 e. The van der Waals surface area contributed by atoms with E-state index in [0.717, 1.165) is 22.3 Å². The first kappa shape index (κ1) is 24.8. The van der Waals surface area contributed by atoms with Crippen molar-refractivity contribution < 1.29 is 24.2 Å². The monoisotopic (exact) mass is 478 g/mol. The topological polar surface area (TPSA) is 95.9 Å². The van der Waals surface area contributed by atoms with E-state index in [1.54, 1.807) is 4.90 Å². The first-order valence-electron chi connectivity index (χ1n) is 12.4. The van der Waals surface area contributed by atoms with Gasteiger partial charge in [-0.05, 0) is 41.0 Å². The number of alkyl carbamates (subject to hydrolysis) is 1. The molecule has 2 amide bonds. The van der Waals surface area contributed by atoms with E-state index in [0.29, 0.717) is 19.4 Å². The average Bonchev–Trinajstić information content (AvgIpc) is 3.43. The molecule has 0 bridgehead atoms. The van der Waals surface area contributed by atoms with E-state index in [4.69, 9.17) is 4.74 Å². The van der Waals surface area contributed by atoms with Crippen molar-refractivity contribution in [2.24, 2.45) is 11.3 Å². The van der Waals surface area contributed by atoms with Gasteiger partial charge in [-0.1, -0.05) is 69.3 Å². The van der Waals surface area contributed by atoms with E-state index in [-0.39, 0.29) is 37.3 Å². The zero-order chi connectivity index (χ0) is 25.2. The molecule has 35 heavy (non-hydrogen) atoms. The Balaban J connectivity index is 1.36. The number of nitrogens with one attached hydrogen (secondary N) is 1. The van der Waals surface area contributed by atoms with Crippen molar-refractivity contribution >= 4 is 18.0 Å². The third-order valence-electron chi connectivity index (χ3n) is 7.68. The minimum absolute atomic E-state index is 0.0115. The van der Waals surface area contributed by atoms with E-state index in [2.05, 4.69) is 29.6 Å². The van der Waals surface area contributed by atoms with Crippen LogP contribution in [0.1, 0.15) is 57.1 Å². The maximum atomic E-state index is 13.0. The number of carbonyl (C=O) groups excluding carboxylic acids is 2. The molecule has 1 heterocycles. The lowest BCUT2D eigenvalue weighted by Gasteiger charge is -2.26. The molecule has 2 aromatic carbocycles.